The van der Waals surface area contributed by atoms with Gasteiger partial charge >= 0.3 is 6.01 Å². The lowest BCUT2D eigenvalue weighted by Crippen LogP contribution is -2.20. The Balaban J connectivity index is 1.99. The number of ether oxygens (including phenoxy) is 1. The Kier molecular flexibility index (Phi) is 5.76. The van der Waals surface area contributed by atoms with Crippen molar-refractivity contribution in [1.82, 2.24) is 15.0 Å². The Labute approximate surface area is 133 Å². The van der Waals surface area contributed by atoms with E-state index >= 15 is 0 Å². The monoisotopic (exact) mass is 326 g/mol. The van der Waals surface area contributed by atoms with Crippen LogP contribution in [0.15, 0.2) is 12.1 Å². The van der Waals surface area contributed by atoms with Crippen LogP contribution in [-0.4, -0.2) is 27.6 Å². The lowest BCUT2D eigenvalue weighted by Gasteiger charge is -2.13. The maximum Gasteiger partial charge on any atom is 0.322 e. The summed E-state index contributed by atoms with van der Waals surface area (Å²) >= 11 is 7.70. The summed E-state index contributed by atoms with van der Waals surface area (Å²) in [6, 6.07) is 4.73. The first-order chi connectivity index (χ1) is 10.1. The van der Waals surface area contributed by atoms with E-state index in [4.69, 9.17) is 16.3 Å². The molecule has 0 aliphatic rings. The van der Waals surface area contributed by atoms with Crippen molar-refractivity contribution >= 4 is 28.9 Å². The molecule has 2 heterocycles. The van der Waals surface area contributed by atoms with E-state index in [0.717, 1.165) is 12.8 Å². The van der Waals surface area contributed by atoms with Gasteiger partial charge in [0.2, 0.25) is 11.2 Å². The first kappa shape index (κ1) is 16.0. The maximum atomic E-state index is 5.90. The van der Waals surface area contributed by atoms with Crippen molar-refractivity contribution in [3.63, 3.8) is 0 Å². The van der Waals surface area contributed by atoms with Gasteiger partial charge in [-0.25, -0.2) is 0 Å². The normalized spacial score (nSPS) is 12.2. The van der Waals surface area contributed by atoms with Gasteiger partial charge in [0.05, 0.1) is 6.61 Å². The number of aromatic nitrogens is 3. The highest BCUT2D eigenvalue weighted by molar-refractivity contribution is 7.11. The Hall–Kier alpha value is -1.40. The van der Waals surface area contributed by atoms with Gasteiger partial charge in [-0.05, 0) is 44.0 Å². The second kappa shape index (κ2) is 7.56. The van der Waals surface area contributed by atoms with Crippen LogP contribution in [-0.2, 0) is 6.42 Å². The standard InChI is InChI=1S/C14H19ClN4OS/c1-4-7-20-14-18-12(15)17-13(19-14)16-9(2)8-11-6-5-10(3)21-11/h5-6,9H,4,7-8H2,1-3H3,(H,16,17,18,19). The smallest absolute Gasteiger partial charge is 0.322 e. The molecule has 21 heavy (non-hydrogen) atoms. The number of nitrogens with one attached hydrogen (secondary N) is 1. The van der Waals surface area contributed by atoms with Crippen molar-refractivity contribution in [2.45, 2.75) is 39.7 Å². The Bertz CT molecular complexity index is 590. The zero-order valence-corrected chi connectivity index (χ0v) is 14.0. The van der Waals surface area contributed by atoms with Crippen molar-refractivity contribution in [2.24, 2.45) is 0 Å². The first-order valence-corrected chi connectivity index (χ1v) is 8.12. The van der Waals surface area contributed by atoms with Crippen LogP contribution in [0, 0.1) is 6.92 Å². The molecule has 0 aromatic carbocycles. The number of hydrogen-bond donors (Lipinski definition) is 1. The molecular weight excluding hydrogens is 308 g/mol. The fraction of sp³-hybridized carbons (Fsp3) is 0.500. The molecule has 0 fully saturated rings. The van der Waals surface area contributed by atoms with Crippen LogP contribution in [0.2, 0.25) is 5.28 Å². The minimum absolute atomic E-state index is 0.137. The van der Waals surface area contributed by atoms with E-state index < -0.39 is 0 Å². The highest BCUT2D eigenvalue weighted by Crippen LogP contribution is 2.18. The molecule has 0 aliphatic heterocycles. The van der Waals surface area contributed by atoms with Gasteiger partial charge in [0.25, 0.3) is 0 Å². The van der Waals surface area contributed by atoms with Crippen molar-refractivity contribution in [3.05, 3.63) is 27.2 Å². The lowest BCUT2D eigenvalue weighted by atomic mass is 10.2. The molecule has 0 amide bonds. The summed E-state index contributed by atoms with van der Waals surface area (Å²) in [4.78, 5) is 14.9. The summed E-state index contributed by atoms with van der Waals surface area (Å²) in [7, 11) is 0. The summed E-state index contributed by atoms with van der Waals surface area (Å²) in [6.45, 7) is 6.77. The minimum atomic E-state index is 0.137. The van der Waals surface area contributed by atoms with Gasteiger partial charge < -0.3 is 10.1 Å². The van der Waals surface area contributed by atoms with E-state index in [9.17, 15) is 0 Å². The van der Waals surface area contributed by atoms with Crippen molar-refractivity contribution in [3.8, 4) is 6.01 Å². The molecule has 1 N–H and O–H groups in total. The Morgan fingerprint density at radius 1 is 1.33 bits per heavy atom. The average Bonchev–Trinajstić information content (AvgIpc) is 2.80. The molecule has 2 aromatic heterocycles. The SMILES string of the molecule is CCCOc1nc(Cl)nc(NC(C)Cc2ccc(C)s2)n1. The van der Waals surface area contributed by atoms with Crippen LogP contribution in [0.1, 0.15) is 30.0 Å². The summed E-state index contributed by atoms with van der Waals surface area (Å²) in [5, 5.41) is 3.37. The van der Waals surface area contributed by atoms with Gasteiger partial charge in [-0.3, -0.25) is 0 Å². The molecule has 7 heteroatoms. The quantitative estimate of drug-likeness (QED) is 0.840. The molecule has 5 nitrogen and oxygen atoms in total. The molecule has 0 saturated heterocycles. The van der Waals surface area contributed by atoms with E-state index in [0.29, 0.717) is 12.6 Å². The van der Waals surface area contributed by atoms with Crippen LogP contribution in [0.4, 0.5) is 5.95 Å². The summed E-state index contributed by atoms with van der Waals surface area (Å²) in [5.74, 6) is 0.446. The number of halogens is 1. The zero-order valence-electron chi connectivity index (χ0n) is 12.4. The minimum Gasteiger partial charge on any atom is -0.463 e. The number of hydrogen-bond acceptors (Lipinski definition) is 6. The Morgan fingerprint density at radius 2 is 2.14 bits per heavy atom. The third-order valence-electron chi connectivity index (χ3n) is 2.70. The number of nitrogens with zero attached hydrogens (tertiary/aromatic N) is 3. The molecule has 114 valence electrons. The molecular formula is C14H19ClN4OS. The molecule has 0 bridgehead atoms. The van der Waals surface area contributed by atoms with Crippen LogP contribution in [0.3, 0.4) is 0 Å². The van der Waals surface area contributed by atoms with Gasteiger partial charge in [0.1, 0.15) is 0 Å². The molecule has 2 aromatic rings. The second-order valence-electron chi connectivity index (χ2n) is 4.82. The zero-order chi connectivity index (χ0) is 15.2. The van der Waals surface area contributed by atoms with Crippen LogP contribution in [0.5, 0.6) is 6.01 Å². The fourth-order valence-electron chi connectivity index (χ4n) is 1.82. The molecule has 0 aliphatic carbocycles. The predicted molar refractivity (Wildman–Crippen MR) is 86.5 cm³/mol. The topological polar surface area (TPSA) is 59.9 Å². The third kappa shape index (κ3) is 5.13. The second-order valence-corrected chi connectivity index (χ2v) is 6.53. The van der Waals surface area contributed by atoms with E-state index in [-0.39, 0.29) is 17.3 Å². The average molecular weight is 327 g/mol. The van der Waals surface area contributed by atoms with Gasteiger partial charge in [-0.2, -0.15) is 15.0 Å². The van der Waals surface area contributed by atoms with E-state index in [1.54, 1.807) is 11.3 Å². The number of aryl methyl sites for hydroxylation is 1. The van der Waals surface area contributed by atoms with Gasteiger partial charge in [0.15, 0.2) is 0 Å². The van der Waals surface area contributed by atoms with Crippen LogP contribution >= 0.6 is 22.9 Å². The van der Waals surface area contributed by atoms with Crippen LogP contribution < -0.4 is 10.1 Å². The first-order valence-electron chi connectivity index (χ1n) is 6.93. The highest BCUT2D eigenvalue weighted by atomic mass is 35.5. The van der Waals surface area contributed by atoms with E-state index in [2.05, 4.69) is 46.2 Å². The maximum absolute atomic E-state index is 5.90. The predicted octanol–water partition coefficient (Wildman–Crippen LogP) is 3.73. The molecule has 2 rings (SSSR count). The molecule has 0 saturated carbocycles. The molecule has 1 unspecified atom stereocenters. The summed E-state index contributed by atoms with van der Waals surface area (Å²) < 4.78 is 5.40. The molecule has 1 atom stereocenters. The fourth-order valence-corrected chi connectivity index (χ4v) is 2.99. The number of thiophene rings is 1. The van der Waals surface area contributed by atoms with Crippen molar-refractivity contribution in [1.29, 1.82) is 0 Å². The van der Waals surface area contributed by atoms with Gasteiger partial charge in [-0.15, -0.1) is 11.3 Å². The summed E-state index contributed by atoms with van der Waals surface area (Å²) in [6.07, 6.45) is 1.80. The summed E-state index contributed by atoms with van der Waals surface area (Å²) in [5.41, 5.74) is 0. The lowest BCUT2D eigenvalue weighted by molar-refractivity contribution is 0.291. The van der Waals surface area contributed by atoms with E-state index in [1.807, 2.05) is 6.92 Å². The highest BCUT2D eigenvalue weighted by Gasteiger charge is 2.10. The number of rotatable bonds is 7. The largest absolute Gasteiger partial charge is 0.463 e. The van der Waals surface area contributed by atoms with Crippen LogP contribution in [0.25, 0.3) is 0 Å². The number of anilines is 1. The molecule has 0 radical (unpaired) electrons. The third-order valence-corrected chi connectivity index (χ3v) is 3.89. The Morgan fingerprint density at radius 3 is 2.81 bits per heavy atom. The van der Waals surface area contributed by atoms with Gasteiger partial charge in [0, 0.05) is 22.2 Å². The van der Waals surface area contributed by atoms with Crippen molar-refractivity contribution < 1.29 is 4.74 Å². The van der Waals surface area contributed by atoms with Gasteiger partial charge in [-0.1, -0.05) is 6.92 Å². The van der Waals surface area contributed by atoms with Crippen molar-refractivity contribution in [2.75, 3.05) is 11.9 Å². The van der Waals surface area contributed by atoms with E-state index in [1.165, 1.54) is 9.75 Å². The molecule has 0 spiro atoms.